The van der Waals surface area contributed by atoms with E-state index in [1.807, 2.05) is 13.0 Å². The molecule has 0 aliphatic carbocycles. The molecule has 0 saturated carbocycles. The largest absolute Gasteiger partial charge is 0.226 e. The van der Waals surface area contributed by atoms with Crippen molar-refractivity contribution in [1.82, 2.24) is 9.97 Å². The normalized spacial score (nSPS) is 10.3. The Hall–Kier alpha value is -1.48. The molecule has 0 N–H and O–H groups in total. The van der Waals surface area contributed by atoms with E-state index in [-0.39, 0.29) is 11.1 Å². The van der Waals surface area contributed by atoms with Gasteiger partial charge >= 0.3 is 0 Å². The van der Waals surface area contributed by atoms with E-state index in [1.54, 1.807) is 12.3 Å². The SMILES string of the molecule is Cc1cc(F)cc(-c2ccnc(Cl)n2)c1. The molecule has 0 atom stereocenters. The first-order valence-corrected chi connectivity index (χ1v) is 4.79. The van der Waals surface area contributed by atoms with E-state index >= 15 is 0 Å². The molecule has 2 aromatic rings. The van der Waals surface area contributed by atoms with E-state index in [1.165, 1.54) is 12.1 Å². The van der Waals surface area contributed by atoms with Gasteiger partial charge in [0.15, 0.2) is 0 Å². The molecule has 0 radical (unpaired) electrons. The second-order valence-corrected chi connectivity index (χ2v) is 3.57. The zero-order valence-electron chi connectivity index (χ0n) is 8.04. The molecule has 0 amide bonds. The van der Waals surface area contributed by atoms with Gasteiger partial charge in [-0.2, -0.15) is 0 Å². The Bertz CT molecular complexity index is 479. The maximum Gasteiger partial charge on any atom is 0.222 e. The molecule has 4 heteroatoms. The summed E-state index contributed by atoms with van der Waals surface area (Å²) in [6.07, 6.45) is 1.55. The maximum atomic E-state index is 13.1. The molecule has 2 rings (SSSR count). The Kier molecular flexibility index (Phi) is 2.64. The van der Waals surface area contributed by atoms with Crippen LogP contribution in [-0.2, 0) is 0 Å². The fraction of sp³-hybridized carbons (Fsp3) is 0.0909. The van der Waals surface area contributed by atoms with E-state index in [0.29, 0.717) is 11.3 Å². The molecule has 1 aromatic heterocycles. The van der Waals surface area contributed by atoms with Crippen molar-refractivity contribution < 1.29 is 4.39 Å². The van der Waals surface area contributed by atoms with Crippen LogP contribution in [0.1, 0.15) is 5.56 Å². The number of halogens is 2. The quantitative estimate of drug-likeness (QED) is 0.693. The summed E-state index contributed by atoms with van der Waals surface area (Å²) in [5.74, 6) is -0.278. The van der Waals surface area contributed by atoms with Gasteiger partial charge in [-0.05, 0) is 48.4 Å². The average Bonchev–Trinajstić information content (AvgIpc) is 2.16. The average molecular weight is 223 g/mol. The Labute approximate surface area is 91.8 Å². The van der Waals surface area contributed by atoms with Gasteiger partial charge in [0.1, 0.15) is 5.82 Å². The van der Waals surface area contributed by atoms with E-state index in [9.17, 15) is 4.39 Å². The number of aromatic nitrogens is 2. The second-order valence-electron chi connectivity index (χ2n) is 3.23. The van der Waals surface area contributed by atoms with Crippen LogP contribution in [0.15, 0.2) is 30.5 Å². The molecule has 0 unspecified atom stereocenters. The van der Waals surface area contributed by atoms with Crippen LogP contribution in [0.2, 0.25) is 5.28 Å². The van der Waals surface area contributed by atoms with Crippen LogP contribution >= 0.6 is 11.6 Å². The van der Waals surface area contributed by atoms with E-state index < -0.39 is 0 Å². The third-order valence-electron chi connectivity index (χ3n) is 1.96. The molecule has 76 valence electrons. The number of nitrogens with zero attached hydrogens (tertiary/aromatic N) is 2. The highest BCUT2D eigenvalue weighted by molar-refractivity contribution is 6.28. The van der Waals surface area contributed by atoms with Crippen molar-refractivity contribution in [3.05, 3.63) is 47.1 Å². The first-order valence-electron chi connectivity index (χ1n) is 4.41. The molecule has 15 heavy (non-hydrogen) atoms. The molecule has 0 aliphatic heterocycles. The number of hydrogen-bond donors (Lipinski definition) is 0. The molecule has 0 aliphatic rings. The molecular formula is C11H8ClFN2. The summed E-state index contributed by atoms with van der Waals surface area (Å²) in [6, 6.07) is 6.43. The van der Waals surface area contributed by atoms with Crippen molar-refractivity contribution in [1.29, 1.82) is 0 Å². The standard InChI is InChI=1S/C11H8ClFN2/c1-7-4-8(6-9(13)5-7)10-2-3-14-11(12)15-10/h2-6H,1H3. The van der Waals surface area contributed by atoms with Gasteiger partial charge in [0, 0.05) is 11.8 Å². The molecule has 0 saturated heterocycles. The lowest BCUT2D eigenvalue weighted by Crippen LogP contribution is -1.88. The molecule has 1 heterocycles. The Morgan fingerprint density at radius 3 is 2.73 bits per heavy atom. The zero-order chi connectivity index (χ0) is 10.8. The Morgan fingerprint density at radius 2 is 2.07 bits per heavy atom. The highest BCUT2D eigenvalue weighted by Gasteiger charge is 2.03. The van der Waals surface area contributed by atoms with Crippen LogP contribution in [0.3, 0.4) is 0 Å². The minimum atomic E-state index is -0.278. The van der Waals surface area contributed by atoms with E-state index in [0.717, 1.165) is 5.56 Å². The van der Waals surface area contributed by atoms with Crippen molar-refractivity contribution in [3.63, 3.8) is 0 Å². The lowest BCUT2D eigenvalue weighted by Gasteiger charge is -2.02. The fourth-order valence-electron chi connectivity index (χ4n) is 1.38. The summed E-state index contributed by atoms with van der Waals surface area (Å²) in [4.78, 5) is 7.78. The minimum Gasteiger partial charge on any atom is -0.226 e. The number of rotatable bonds is 1. The van der Waals surface area contributed by atoms with Crippen LogP contribution in [0, 0.1) is 12.7 Å². The lowest BCUT2D eigenvalue weighted by molar-refractivity contribution is 0.627. The van der Waals surface area contributed by atoms with Gasteiger partial charge < -0.3 is 0 Å². The molecule has 0 fully saturated rings. The monoisotopic (exact) mass is 222 g/mol. The van der Waals surface area contributed by atoms with Crippen molar-refractivity contribution >= 4 is 11.6 Å². The van der Waals surface area contributed by atoms with Crippen LogP contribution in [0.25, 0.3) is 11.3 Å². The van der Waals surface area contributed by atoms with Crippen molar-refractivity contribution in [2.45, 2.75) is 6.92 Å². The van der Waals surface area contributed by atoms with Crippen molar-refractivity contribution in [2.24, 2.45) is 0 Å². The Balaban J connectivity index is 2.54. The topological polar surface area (TPSA) is 25.8 Å². The second kappa shape index (κ2) is 3.95. The van der Waals surface area contributed by atoms with Crippen molar-refractivity contribution in [2.75, 3.05) is 0 Å². The van der Waals surface area contributed by atoms with Gasteiger partial charge in [0.25, 0.3) is 0 Å². The number of benzene rings is 1. The Morgan fingerprint density at radius 1 is 1.27 bits per heavy atom. The summed E-state index contributed by atoms with van der Waals surface area (Å²) >= 11 is 5.66. The van der Waals surface area contributed by atoms with Gasteiger partial charge in [-0.1, -0.05) is 0 Å². The van der Waals surface area contributed by atoms with E-state index in [4.69, 9.17) is 11.6 Å². The predicted molar refractivity (Wildman–Crippen MR) is 57.2 cm³/mol. The predicted octanol–water partition coefficient (Wildman–Crippen LogP) is 3.24. The highest BCUT2D eigenvalue weighted by atomic mass is 35.5. The van der Waals surface area contributed by atoms with Crippen LogP contribution in [0.4, 0.5) is 4.39 Å². The summed E-state index contributed by atoms with van der Waals surface area (Å²) in [7, 11) is 0. The van der Waals surface area contributed by atoms with Crippen LogP contribution < -0.4 is 0 Å². The van der Waals surface area contributed by atoms with Crippen LogP contribution in [0.5, 0.6) is 0 Å². The molecule has 1 aromatic carbocycles. The maximum absolute atomic E-state index is 13.1. The van der Waals surface area contributed by atoms with E-state index in [2.05, 4.69) is 9.97 Å². The fourth-order valence-corrected chi connectivity index (χ4v) is 1.53. The van der Waals surface area contributed by atoms with Gasteiger partial charge in [-0.3, -0.25) is 0 Å². The molecule has 0 bridgehead atoms. The van der Waals surface area contributed by atoms with Gasteiger partial charge in [0.05, 0.1) is 5.69 Å². The third kappa shape index (κ3) is 2.30. The minimum absolute atomic E-state index is 0.161. The number of aryl methyl sites for hydroxylation is 1. The smallest absolute Gasteiger partial charge is 0.222 e. The summed E-state index contributed by atoms with van der Waals surface area (Å²) in [6.45, 7) is 1.83. The first kappa shape index (κ1) is 10.1. The number of hydrogen-bond acceptors (Lipinski definition) is 2. The van der Waals surface area contributed by atoms with Gasteiger partial charge in [-0.25, -0.2) is 14.4 Å². The molecule has 0 spiro atoms. The third-order valence-corrected chi connectivity index (χ3v) is 2.15. The molecule has 2 nitrogen and oxygen atoms in total. The van der Waals surface area contributed by atoms with Crippen LogP contribution in [-0.4, -0.2) is 9.97 Å². The first-order chi connectivity index (χ1) is 7.15. The summed E-state index contributed by atoms with van der Waals surface area (Å²) < 4.78 is 13.1. The van der Waals surface area contributed by atoms with Crippen molar-refractivity contribution in [3.8, 4) is 11.3 Å². The van der Waals surface area contributed by atoms with Gasteiger partial charge in [-0.15, -0.1) is 0 Å². The lowest BCUT2D eigenvalue weighted by atomic mass is 10.1. The molecular weight excluding hydrogens is 215 g/mol. The summed E-state index contributed by atoms with van der Waals surface area (Å²) in [5, 5.41) is 0.161. The van der Waals surface area contributed by atoms with Gasteiger partial charge in [0.2, 0.25) is 5.28 Å². The highest BCUT2D eigenvalue weighted by Crippen LogP contribution is 2.20. The zero-order valence-corrected chi connectivity index (χ0v) is 8.79. The summed E-state index contributed by atoms with van der Waals surface area (Å²) in [5.41, 5.74) is 2.18.